The first kappa shape index (κ1) is 10.9. The molecule has 0 saturated heterocycles. The second kappa shape index (κ2) is 4.98. The molecule has 1 unspecified atom stereocenters. The first-order chi connectivity index (χ1) is 7.27. The molecule has 1 aliphatic carbocycles. The third-order valence-corrected chi connectivity index (χ3v) is 3.86. The molecule has 0 N–H and O–H groups in total. The van der Waals surface area contributed by atoms with Gasteiger partial charge in [0.25, 0.3) is 0 Å². The van der Waals surface area contributed by atoms with E-state index in [1.165, 1.54) is 44.2 Å². The molecule has 2 rings (SSSR count). The van der Waals surface area contributed by atoms with Crippen molar-refractivity contribution in [2.45, 2.75) is 37.5 Å². The average Bonchev–Trinajstić information content (AvgIpc) is 2.30. The summed E-state index contributed by atoms with van der Waals surface area (Å²) in [5.41, 5.74) is 1.06. The molecule has 1 aliphatic rings. The SMILES string of the molecule is Fc1ccc(C(Cl)C2CCCCC2)cc1. The quantitative estimate of drug-likeness (QED) is 0.642. The van der Waals surface area contributed by atoms with E-state index in [9.17, 15) is 4.39 Å². The van der Waals surface area contributed by atoms with Crippen LogP contribution in [0.25, 0.3) is 0 Å². The average molecular weight is 227 g/mol. The van der Waals surface area contributed by atoms with Gasteiger partial charge in [-0.1, -0.05) is 31.4 Å². The summed E-state index contributed by atoms with van der Waals surface area (Å²) >= 11 is 6.41. The number of hydrogen-bond donors (Lipinski definition) is 0. The van der Waals surface area contributed by atoms with Crippen molar-refractivity contribution in [3.05, 3.63) is 35.6 Å². The molecular formula is C13H16ClF. The Hall–Kier alpha value is -0.560. The Kier molecular flexibility index (Phi) is 3.63. The Morgan fingerprint density at radius 2 is 1.67 bits per heavy atom. The number of rotatable bonds is 2. The molecule has 0 aromatic heterocycles. The van der Waals surface area contributed by atoms with Crippen LogP contribution in [0.3, 0.4) is 0 Å². The lowest BCUT2D eigenvalue weighted by atomic mass is 9.84. The molecule has 1 fully saturated rings. The lowest BCUT2D eigenvalue weighted by Gasteiger charge is -2.26. The fourth-order valence-corrected chi connectivity index (χ4v) is 2.74. The van der Waals surface area contributed by atoms with Crippen LogP contribution in [0.2, 0.25) is 0 Å². The van der Waals surface area contributed by atoms with Crippen molar-refractivity contribution in [1.82, 2.24) is 0 Å². The molecule has 0 aliphatic heterocycles. The molecule has 0 bridgehead atoms. The standard InChI is InChI=1S/C13H16ClF/c14-13(10-4-2-1-3-5-10)11-6-8-12(15)9-7-11/h6-10,13H,1-5H2. The first-order valence-electron chi connectivity index (χ1n) is 5.67. The summed E-state index contributed by atoms with van der Waals surface area (Å²) in [5, 5.41) is 0.0610. The minimum absolute atomic E-state index is 0.0610. The lowest BCUT2D eigenvalue weighted by molar-refractivity contribution is 0.348. The zero-order chi connectivity index (χ0) is 10.7. The van der Waals surface area contributed by atoms with Crippen molar-refractivity contribution < 1.29 is 4.39 Å². The molecule has 82 valence electrons. The van der Waals surface area contributed by atoms with Gasteiger partial charge in [-0.2, -0.15) is 0 Å². The summed E-state index contributed by atoms with van der Waals surface area (Å²) in [7, 11) is 0. The highest BCUT2D eigenvalue weighted by Crippen LogP contribution is 2.38. The fraction of sp³-hybridized carbons (Fsp3) is 0.538. The molecule has 0 nitrogen and oxygen atoms in total. The predicted molar refractivity (Wildman–Crippen MR) is 61.6 cm³/mol. The van der Waals surface area contributed by atoms with Crippen molar-refractivity contribution in [2.75, 3.05) is 0 Å². The van der Waals surface area contributed by atoms with Gasteiger partial charge in [0.2, 0.25) is 0 Å². The van der Waals surface area contributed by atoms with E-state index in [-0.39, 0.29) is 11.2 Å². The molecule has 0 amide bonds. The van der Waals surface area contributed by atoms with Crippen LogP contribution < -0.4 is 0 Å². The van der Waals surface area contributed by atoms with Crippen molar-refractivity contribution in [3.63, 3.8) is 0 Å². The summed E-state index contributed by atoms with van der Waals surface area (Å²) < 4.78 is 12.7. The summed E-state index contributed by atoms with van der Waals surface area (Å²) in [4.78, 5) is 0. The Morgan fingerprint density at radius 1 is 1.07 bits per heavy atom. The van der Waals surface area contributed by atoms with Gasteiger partial charge in [0.15, 0.2) is 0 Å². The highest BCUT2D eigenvalue weighted by atomic mass is 35.5. The second-order valence-electron chi connectivity index (χ2n) is 4.35. The van der Waals surface area contributed by atoms with E-state index >= 15 is 0 Å². The zero-order valence-corrected chi connectivity index (χ0v) is 9.51. The van der Waals surface area contributed by atoms with E-state index in [0.717, 1.165) is 5.56 Å². The highest BCUT2D eigenvalue weighted by molar-refractivity contribution is 6.21. The van der Waals surface area contributed by atoms with Gasteiger partial charge in [0.1, 0.15) is 5.82 Å². The van der Waals surface area contributed by atoms with E-state index in [1.54, 1.807) is 0 Å². The van der Waals surface area contributed by atoms with Crippen molar-refractivity contribution in [3.8, 4) is 0 Å². The Morgan fingerprint density at radius 3 is 2.27 bits per heavy atom. The molecule has 1 saturated carbocycles. The van der Waals surface area contributed by atoms with Crippen molar-refractivity contribution >= 4 is 11.6 Å². The minimum Gasteiger partial charge on any atom is -0.207 e. The summed E-state index contributed by atoms with van der Waals surface area (Å²) in [6.07, 6.45) is 6.34. The molecule has 2 heteroatoms. The van der Waals surface area contributed by atoms with Crippen molar-refractivity contribution in [2.24, 2.45) is 5.92 Å². The third-order valence-electron chi connectivity index (χ3n) is 3.25. The smallest absolute Gasteiger partial charge is 0.123 e. The summed E-state index contributed by atoms with van der Waals surface area (Å²) in [6, 6.07) is 6.60. The minimum atomic E-state index is -0.189. The normalized spacial score (nSPS) is 20.1. The Labute approximate surface area is 95.4 Å². The molecule has 1 atom stereocenters. The van der Waals surface area contributed by atoms with Crippen LogP contribution in [-0.4, -0.2) is 0 Å². The van der Waals surface area contributed by atoms with Crippen LogP contribution in [0.1, 0.15) is 43.0 Å². The number of hydrogen-bond acceptors (Lipinski definition) is 0. The van der Waals surface area contributed by atoms with E-state index in [4.69, 9.17) is 11.6 Å². The van der Waals surface area contributed by atoms with E-state index < -0.39 is 0 Å². The lowest BCUT2D eigenvalue weighted by Crippen LogP contribution is -2.12. The van der Waals surface area contributed by atoms with Crippen LogP contribution >= 0.6 is 11.6 Å². The second-order valence-corrected chi connectivity index (χ2v) is 4.82. The first-order valence-corrected chi connectivity index (χ1v) is 6.10. The van der Waals surface area contributed by atoms with Gasteiger partial charge < -0.3 is 0 Å². The molecule has 1 aromatic carbocycles. The van der Waals surface area contributed by atoms with E-state index in [2.05, 4.69) is 0 Å². The number of benzene rings is 1. The van der Waals surface area contributed by atoms with Gasteiger partial charge in [-0.15, -0.1) is 11.6 Å². The maximum Gasteiger partial charge on any atom is 0.123 e. The fourth-order valence-electron chi connectivity index (χ4n) is 2.35. The molecule has 0 spiro atoms. The van der Waals surface area contributed by atoms with Gasteiger partial charge in [-0.3, -0.25) is 0 Å². The summed E-state index contributed by atoms with van der Waals surface area (Å²) in [5.74, 6) is 0.386. The highest BCUT2D eigenvalue weighted by Gasteiger charge is 2.22. The molecule has 15 heavy (non-hydrogen) atoms. The molecule has 1 aromatic rings. The largest absolute Gasteiger partial charge is 0.207 e. The summed E-state index contributed by atoms with van der Waals surface area (Å²) in [6.45, 7) is 0. The number of halogens is 2. The monoisotopic (exact) mass is 226 g/mol. The van der Waals surface area contributed by atoms with Crippen LogP contribution in [0.5, 0.6) is 0 Å². The van der Waals surface area contributed by atoms with Gasteiger partial charge in [0.05, 0.1) is 5.38 Å². The van der Waals surface area contributed by atoms with Gasteiger partial charge in [-0.25, -0.2) is 4.39 Å². The Balaban J connectivity index is 2.05. The predicted octanol–water partition coefficient (Wildman–Crippen LogP) is 4.69. The van der Waals surface area contributed by atoms with Gasteiger partial charge in [-0.05, 0) is 36.5 Å². The van der Waals surface area contributed by atoms with E-state index in [0.29, 0.717) is 5.92 Å². The molecule has 0 radical (unpaired) electrons. The van der Waals surface area contributed by atoms with Crippen molar-refractivity contribution in [1.29, 1.82) is 0 Å². The third kappa shape index (κ3) is 2.72. The van der Waals surface area contributed by atoms with Crippen LogP contribution in [0.15, 0.2) is 24.3 Å². The van der Waals surface area contributed by atoms with Crippen LogP contribution in [0, 0.1) is 11.7 Å². The number of alkyl halides is 1. The zero-order valence-electron chi connectivity index (χ0n) is 8.76. The van der Waals surface area contributed by atoms with E-state index in [1.807, 2.05) is 12.1 Å². The van der Waals surface area contributed by atoms with Crippen LogP contribution in [-0.2, 0) is 0 Å². The van der Waals surface area contributed by atoms with Crippen LogP contribution in [0.4, 0.5) is 4.39 Å². The maximum absolute atomic E-state index is 12.7. The maximum atomic E-state index is 12.7. The van der Waals surface area contributed by atoms with Gasteiger partial charge in [0, 0.05) is 0 Å². The van der Waals surface area contributed by atoms with Gasteiger partial charge >= 0.3 is 0 Å². The Bertz CT molecular complexity index is 301. The molecular weight excluding hydrogens is 211 g/mol. The topological polar surface area (TPSA) is 0 Å². The molecule has 0 heterocycles.